The smallest absolute Gasteiger partial charge is 0.329 e. The topological polar surface area (TPSA) is 168 Å². The Morgan fingerprint density at radius 3 is 2.24 bits per heavy atom. The van der Waals surface area contributed by atoms with Crippen LogP contribution in [0.15, 0.2) is 60.7 Å². The van der Waals surface area contributed by atoms with Gasteiger partial charge in [0.2, 0.25) is 11.8 Å². The van der Waals surface area contributed by atoms with Crippen molar-refractivity contribution in [1.82, 2.24) is 15.5 Å². The number of nitrogens with two attached hydrogens (primary N) is 1. The second-order valence-electron chi connectivity index (χ2n) is 11.0. The quantitative estimate of drug-likeness (QED) is 0.310. The Kier molecular flexibility index (Phi) is 10.7. The van der Waals surface area contributed by atoms with Gasteiger partial charge >= 0.3 is 5.97 Å². The van der Waals surface area contributed by atoms with Crippen molar-refractivity contribution in [1.29, 1.82) is 0 Å². The van der Waals surface area contributed by atoms with Gasteiger partial charge < -0.3 is 25.8 Å². The molecule has 2 aromatic carbocycles. The molecule has 1 aliphatic heterocycles. The molecule has 0 aliphatic carbocycles. The number of benzene rings is 2. The summed E-state index contributed by atoms with van der Waals surface area (Å²) in [6, 6.07) is 13.7. The van der Waals surface area contributed by atoms with E-state index in [1.807, 2.05) is 0 Å². The molecule has 4 atom stereocenters. The van der Waals surface area contributed by atoms with Crippen LogP contribution in [0.3, 0.4) is 0 Å². The highest BCUT2D eigenvalue weighted by molar-refractivity contribution is 6.05. The third-order valence-corrected chi connectivity index (χ3v) is 6.51. The average Bonchev–Trinajstić information content (AvgIpc) is 3.42. The predicted molar refractivity (Wildman–Crippen MR) is 150 cm³/mol. The highest BCUT2D eigenvalue weighted by Gasteiger charge is 2.41. The first-order valence-electron chi connectivity index (χ1n) is 13.6. The molecule has 0 bridgehead atoms. The molecule has 1 aliphatic rings. The SMILES string of the molecule is CC(C)(C)OC(=O)[C@@H]1CCCN1C(=O)C(O)C(Cc1ccccc1)NC(=O)[C@@H](N)CC(=O)NC(=O)c1ccccc1. The molecule has 2 unspecified atom stereocenters. The van der Waals surface area contributed by atoms with E-state index in [0.717, 1.165) is 5.56 Å². The Bertz CT molecular complexity index is 1230. The number of imide groups is 1. The largest absolute Gasteiger partial charge is 0.458 e. The van der Waals surface area contributed by atoms with Gasteiger partial charge in [-0.2, -0.15) is 0 Å². The number of carbonyl (C=O) groups is 5. The minimum absolute atomic E-state index is 0.0792. The van der Waals surface area contributed by atoms with Crippen LogP contribution in [0.2, 0.25) is 0 Å². The fourth-order valence-electron chi connectivity index (χ4n) is 4.52. The third-order valence-electron chi connectivity index (χ3n) is 6.51. The standard InChI is InChI=1S/C30H38N4O7/c1-30(2,3)41-29(40)23-15-10-16-34(23)28(39)25(36)22(17-19-11-6-4-7-12-19)32-27(38)21(31)18-24(35)33-26(37)20-13-8-5-9-14-20/h4-9,11-14,21-23,25,36H,10,15-18,31H2,1-3H3,(H,32,38)(H,33,35,37)/t21-,22?,23-,25?/m0/s1. The van der Waals surface area contributed by atoms with E-state index >= 15 is 0 Å². The monoisotopic (exact) mass is 566 g/mol. The Balaban J connectivity index is 1.69. The molecular weight excluding hydrogens is 528 g/mol. The zero-order valence-electron chi connectivity index (χ0n) is 23.5. The van der Waals surface area contributed by atoms with Crippen molar-refractivity contribution in [3.63, 3.8) is 0 Å². The number of nitrogens with zero attached hydrogens (tertiary/aromatic N) is 1. The molecule has 0 aromatic heterocycles. The third kappa shape index (κ3) is 9.22. The fourth-order valence-corrected chi connectivity index (χ4v) is 4.52. The van der Waals surface area contributed by atoms with E-state index in [4.69, 9.17) is 10.5 Å². The van der Waals surface area contributed by atoms with Crippen LogP contribution in [0.4, 0.5) is 0 Å². The van der Waals surface area contributed by atoms with Crippen LogP contribution in [0, 0.1) is 0 Å². The first-order valence-corrected chi connectivity index (χ1v) is 13.6. The molecule has 11 heteroatoms. The zero-order valence-corrected chi connectivity index (χ0v) is 23.5. The summed E-state index contributed by atoms with van der Waals surface area (Å²) in [5.41, 5.74) is 6.23. The first kappa shape index (κ1) is 31.4. The number of likely N-dealkylation sites (tertiary alicyclic amines) is 1. The highest BCUT2D eigenvalue weighted by atomic mass is 16.6. The van der Waals surface area contributed by atoms with Crippen molar-refractivity contribution in [3.05, 3.63) is 71.8 Å². The van der Waals surface area contributed by atoms with Crippen molar-refractivity contribution in [2.75, 3.05) is 6.54 Å². The molecular formula is C30H38N4O7. The molecule has 1 saturated heterocycles. The maximum Gasteiger partial charge on any atom is 0.329 e. The number of amides is 4. The van der Waals surface area contributed by atoms with Gasteiger partial charge in [0.1, 0.15) is 11.6 Å². The van der Waals surface area contributed by atoms with Gasteiger partial charge in [0.05, 0.1) is 18.5 Å². The molecule has 3 rings (SSSR count). The molecule has 41 heavy (non-hydrogen) atoms. The maximum atomic E-state index is 13.4. The summed E-state index contributed by atoms with van der Waals surface area (Å²) in [6.07, 6.45) is -1.18. The Labute approximate surface area is 239 Å². The van der Waals surface area contributed by atoms with Crippen molar-refractivity contribution >= 4 is 29.6 Å². The van der Waals surface area contributed by atoms with Gasteiger partial charge in [-0.15, -0.1) is 0 Å². The minimum Gasteiger partial charge on any atom is -0.458 e. The molecule has 1 fully saturated rings. The molecule has 1 heterocycles. The van der Waals surface area contributed by atoms with E-state index in [0.29, 0.717) is 12.8 Å². The maximum absolute atomic E-state index is 13.4. The normalized spacial score (nSPS) is 17.2. The number of esters is 1. The summed E-state index contributed by atoms with van der Waals surface area (Å²) in [5.74, 6) is -3.45. The lowest BCUT2D eigenvalue weighted by atomic mass is 9.99. The molecule has 0 radical (unpaired) electrons. The summed E-state index contributed by atoms with van der Waals surface area (Å²) in [5, 5.41) is 16.0. The number of nitrogens with one attached hydrogen (secondary N) is 2. The van der Waals surface area contributed by atoms with Gasteiger partial charge in [-0.25, -0.2) is 4.79 Å². The first-order chi connectivity index (χ1) is 19.4. The second kappa shape index (κ2) is 14.0. The van der Waals surface area contributed by atoms with Crippen molar-refractivity contribution in [2.45, 2.75) is 76.3 Å². The molecule has 2 aromatic rings. The summed E-state index contributed by atoms with van der Waals surface area (Å²) in [4.78, 5) is 65.1. The number of aliphatic hydroxyl groups excluding tert-OH is 1. The lowest BCUT2D eigenvalue weighted by molar-refractivity contribution is -0.165. The number of aliphatic hydroxyl groups is 1. The van der Waals surface area contributed by atoms with Gasteiger partial charge in [0.15, 0.2) is 6.10 Å². The zero-order chi connectivity index (χ0) is 30.2. The van der Waals surface area contributed by atoms with E-state index in [-0.39, 0.29) is 18.5 Å². The van der Waals surface area contributed by atoms with E-state index in [9.17, 15) is 29.1 Å². The number of rotatable bonds is 10. The molecule has 0 saturated carbocycles. The van der Waals surface area contributed by atoms with Crippen LogP contribution in [0.1, 0.15) is 56.0 Å². The molecule has 4 amide bonds. The van der Waals surface area contributed by atoms with Gasteiger partial charge in [-0.05, 0) is 57.7 Å². The number of ether oxygens (including phenoxy) is 1. The van der Waals surface area contributed by atoms with E-state index in [2.05, 4.69) is 10.6 Å². The number of hydrogen-bond acceptors (Lipinski definition) is 8. The average molecular weight is 567 g/mol. The summed E-state index contributed by atoms with van der Waals surface area (Å²) < 4.78 is 5.46. The predicted octanol–water partition coefficient (Wildman–Crippen LogP) is 1.08. The van der Waals surface area contributed by atoms with Crippen molar-refractivity contribution in [3.8, 4) is 0 Å². The Hall–Kier alpha value is -4.09. The van der Waals surface area contributed by atoms with Gasteiger partial charge in [-0.1, -0.05) is 48.5 Å². The van der Waals surface area contributed by atoms with E-state index < -0.39 is 65.8 Å². The van der Waals surface area contributed by atoms with Crippen LogP contribution in [0.25, 0.3) is 0 Å². The summed E-state index contributed by atoms with van der Waals surface area (Å²) >= 11 is 0. The summed E-state index contributed by atoms with van der Waals surface area (Å²) in [7, 11) is 0. The lowest BCUT2D eigenvalue weighted by Crippen LogP contribution is -2.57. The Morgan fingerprint density at radius 2 is 1.63 bits per heavy atom. The highest BCUT2D eigenvalue weighted by Crippen LogP contribution is 2.23. The number of hydrogen-bond donors (Lipinski definition) is 4. The fraction of sp³-hybridized carbons (Fsp3) is 0.433. The van der Waals surface area contributed by atoms with Gasteiger partial charge in [-0.3, -0.25) is 24.5 Å². The minimum atomic E-state index is -1.71. The lowest BCUT2D eigenvalue weighted by Gasteiger charge is -2.31. The van der Waals surface area contributed by atoms with Crippen LogP contribution in [-0.2, 0) is 30.3 Å². The van der Waals surface area contributed by atoms with Gasteiger partial charge in [0.25, 0.3) is 11.8 Å². The molecule has 220 valence electrons. The van der Waals surface area contributed by atoms with Gasteiger partial charge in [0, 0.05) is 12.1 Å². The molecule has 0 spiro atoms. The Morgan fingerprint density at radius 1 is 1.02 bits per heavy atom. The van der Waals surface area contributed by atoms with E-state index in [1.54, 1.807) is 69.3 Å². The van der Waals surface area contributed by atoms with Crippen LogP contribution >= 0.6 is 0 Å². The second-order valence-corrected chi connectivity index (χ2v) is 11.0. The van der Waals surface area contributed by atoms with Crippen LogP contribution in [0.5, 0.6) is 0 Å². The van der Waals surface area contributed by atoms with Crippen molar-refractivity contribution in [2.24, 2.45) is 5.73 Å². The summed E-state index contributed by atoms with van der Waals surface area (Å²) in [6.45, 7) is 5.44. The van der Waals surface area contributed by atoms with Crippen LogP contribution < -0.4 is 16.4 Å². The molecule has 5 N–H and O–H groups in total. The number of carbonyl (C=O) groups excluding carboxylic acids is 5. The van der Waals surface area contributed by atoms with E-state index in [1.165, 1.54) is 17.0 Å². The molecule has 11 nitrogen and oxygen atoms in total. The van der Waals surface area contributed by atoms with Crippen molar-refractivity contribution < 1.29 is 33.8 Å². The van der Waals surface area contributed by atoms with Crippen LogP contribution in [-0.4, -0.2) is 76.0 Å².